The Morgan fingerprint density at radius 1 is 0.488 bits per heavy atom. The zero-order valence-electron chi connectivity index (χ0n) is 30.5. The van der Waals surface area contributed by atoms with E-state index in [0.717, 1.165) is 19.3 Å². The number of aliphatic hydroxyl groups is 1. The van der Waals surface area contributed by atoms with E-state index in [1.54, 1.807) is 0 Å². The van der Waals surface area contributed by atoms with E-state index >= 15 is 0 Å². The van der Waals surface area contributed by atoms with Gasteiger partial charge in [-0.25, -0.2) is 0 Å². The summed E-state index contributed by atoms with van der Waals surface area (Å²) in [6.07, 6.45) is 41.5. The minimum absolute atomic E-state index is 0.179. The molecule has 0 rings (SSSR count). The maximum absolute atomic E-state index is 11.9. The number of unbranched alkanes of at least 4 members (excludes halogenated alkanes) is 27. The fourth-order valence-corrected chi connectivity index (χ4v) is 5.82. The first kappa shape index (κ1) is 44.5. The van der Waals surface area contributed by atoms with Gasteiger partial charge >= 0.3 is 0 Å². The highest BCUT2D eigenvalue weighted by Gasteiger charge is 2.11. The average Bonchev–Trinajstić information content (AvgIpc) is 3.00. The molecule has 4 nitrogen and oxygen atoms in total. The standard InChI is InChI=1S/C23H48N2O.C16H34O/c1-5-7-8-9-10-11-12-13-14-15-16-17-18-19-20-21-23(26)24-22(6-2)25(3)4;1-2-3-4-5-6-7-8-9-10-11-12-13-14-15-16-17/h22H,5-21H2,1-4H3,(H,24,26);17H,2-16H2,1H3. The van der Waals surface area contributed by atoms with Crippen molar-refractivity contribution in [2.24, 2.45) is 0 Å². The van der Waals surface area contributed by atoms with Crippen molar-refractivity contribution in [2.75, 3.05) is 20.7 Å². The fourth-order valence-electron chi connectivity index (χ4n) is 5.82. The molecule has 0 aliphatic rings. The second-order valence-electron chi connectivity index (χ2n) is 13.5. The third-order valence-corrected chi connectivity index (χ3v) is 8.86. The van der Waals surface area contributed by atoms with E-state index in [-0.39, 0.29) is 12.1 Å². The highest BCUT2D eigenvalue weighted by molar-refractivity contribution is 5.76. The monoisotopic (exact) mass is 611 g/mol. The Morgan fingerprint density at radius 3 is 1.02 bits per heavy atom. The van der Waals surface area contributed by atoms with Gasteiger partial charge in [0.25, 0.3) is 0 Å². The van der Waals surface area contributed by atoms with E-state index in [4.69, 9.17) is 5.11 Å². The average molecular weight is 611 g/mol. The van der Waals surface area contributed by atoms with E-state index in [1.807, 2.05) is 14.1 Å². The predicted molar refractivity (Wildman–Crippen MR) is 193 cm³/mol. The second-order valence-corrected chi connectivity index (χ2v) is 13.5. The molecule has 1 atom stereocenters. The normalized spacial score (nSPS) is 11.9. The molecular weight excluding hydrogens is 528 g/mol. The first-order valence-corrected chi connectivity index (χ1v) is 19.6. The van der Waals surface area contributed by atoms with Gasteiger partial charge in [0, 0.05) is 13.0 Å². The minimum atomic E-state index is 0.179. The molecule has 260 valence electrons. The van der Waals surface area contributed by atoms with Gasteiger partial charge in [-0.2, -0.15) is 0 Å². The van der Waals surface area contributed by atoms with E-state index in [9.17, 15) is 4.79 Å². The van der Waals surface area contributed by atoms with Crippen molar-refractivity contribution in [2.45, 2.75) is 226 Å². The lowest BCUT2D eigenvalue weighted by atomic mass is 10.0. The van der Waals surface area contributed by atoms with E-state index in [1.165, 1.54) is 173 Å². The van der Waals surface area contributed by atoms with E-state index in [2.05, 4.69) is 31.0 Å². The van der Waals surface area contributed by atoms with Crippen molar-refractivity contribution < 1.29 is 9.90 Å². The SMILES string of the molecule is CCCCCCCCCCCCCCCCCC(=O)NC(CC)N(C)C.CCCCCCCCCCCCCCCCO. The van der Waals surface area contributed by atoms with Gasteiger partial charge in [0.05, 0.1) is 6.17 Å². The summed E-state index contributed by atoms with van der Waals surface area (Å²) in [6, 6.07) is 0. The van der Waals surface area contributed by atoms with E-state index < -0.39 is 0 Å². The molecule has 0 saturated carbocycles. The number of hydrogen-bond donors (Lipinski definition) is 2. The van der Waals surface area contributed by atoms with Crippen molar-refractivity contribution >= 4 is 5.91 Å². The Hall–Kier alpha value is -0.610. The number of hydrogen-bond acceptors (Lipinski definition) is 3. The molecule has 0 aromatic carbocycles. The van der Waals surface area contributed by atoms with Crippen LogP contribution < -0.4 is 5.32 Å². The molecule has 0 bridgehead atoms. The molecule has 0 aliphatic heterocycles. The van der Waals surface area contributed by atoms with Crippen LogP contribution in [0.4, 0.5) is 0 Å². The van der Waals surface area contributed by atoms with Gasteiger partial charge in [-0.05, 0) is 33.4 Å². The van der Waals surface area contributed by atoms with Gasteiger partial charge in [-0.15, -0.1) is 0 Å². The Morgan fingerprint density at radius 2 is 0.767 bits per heavy atom. The molecule has 0 aromatic rings. The highest BCUT2D eigenvalue weighted by atomic mass is 16.2. The summed E-state index contributed by atoms with van der Waals surface area (Å²) < 4.78 is 0. The van der Waals surface area contributed by atoms with Gasteiger partial charge in [0.2, 0.25) is 5.91 Å². The summed E-state index contributed by atoms with van der Waals surface area (Å²) in [4.78, 5) is 14.0. The first-order chi connectivity index (χ1) is 21.0. The van der Waals surface area contributed by atoms with Crippen LogP contribution in [-0.4, -0.2) is 42.8 Å². The summed E-state index contributed by atoms with van der Waals surface area (Å²) in [7, 11) is 4.03. The molecule has 0 saturated heterocycles. The summed E-state index contributed by atoms with van der Waals surface area (Å²) in [6.45, 7) is 7.04. The Bertz CT molecular complexity index is 497. The quantitative estimate of drug-likeness (QED) is 0.0574. The smallest absolute Gasteiger partial charge is 0.221 e. The zero-order valence-corrected chi connectivity index (χ0v) is 30.5. The molecule has 1 amide bonds. The number of carbonyl (C=O) groups excluding carboxylic acids is 1. The maximum atomic E-state index is 11.9. The maximum Gasteiger partial charge on any atom is 0.221 e. The second kappa shape index (κ2) is 39.4. The van der Waals surface area contributed by atoms with Crippen molar-refractivity contribution in [3.8, 4) is 0 Å². The number of nitrogens with one attached hydrogen (secondary N) is 1. The van der Waals surface area contributed by atoms with Crippen molar-refractivity contribution in [3.63, 3.8) is 0 Å². The van der Waals surface area contributed by atoms with E-state index in [0.29, 0.717) is 13.0 Å². The van der Waals surface area contributed by atoms with Crippen molar-refractivity contribution in [1.29, 1.82) is 0 Å². The van der Waals surface area contributed by atoms with Crippen LogP contribution in [-0.2, 0) is 4.79 Å². The van der Waals surface area contributed by atoms with Gasteiger partial charge in [-0.3, -0.25) is 9.69 Å². The fraction of sp³-hybridized carbons (Fsp3) is 0.974. The lowest BCUT2D eigenvalue weighted by Crippen LogP contribution is -2.44. The molecule has 0 radical (unpaired) electrons. The Balaban J connectivity index is 0. The topological polar surface area (TPSA) is 52.6 Å². The Labute approximate surface area is 272 Å². The van der Waals surface area contributed by atoms with Crippen LogP contribution in [0.25, 0.3) is 0 Å². The predicted octanol–water partition coefficient (Wildman–Crippen LogP) is 12.1. The molecule has 4 heteroatoms. The van der Waals surface area contributed by atoms with Crippen molar-refractivity contribution in [3.05, 3.63) is 0 Å². The summed E-state index contributed by atoms with van der Waals surface area (Å²) >= 11 is 0. The van der Waals surface area contributed by atoms with Crippen LogP contribution >= 0.6 is 0 Å². The van der Waals surface area contributed by atoms with Gasteiger partial charge in [0.15, 0.2) is 0 Å². The number of nitrogens with zero attached hydrogens (tertiary/aromatic N) is 1. The minimum Gasteiger partial charge on any atom is -0.396 e. The summed E-state index contributed by atoms with van der Waals surface area (Å²) in [5, 5.41) is 11.7. The van der Waals surface area contributed by atoms with Crippen LogP contribution in [0.5, 0.6) is 0 Å². The van der Waals surface area contributed by atoms with Crippen LogP contribution in [0.2, 0.25) is 0 Å². The number of aliphatic hydroxyl groups excluding tert-OH is 1. The number of rotatable bonds is 33. The highest BCUT2D eigenvalue weighted by Crippen LogP contribution is 2.14. The summed E-state index contributed by atoms with van der Waals surface area (Å²) in [5.41, 5.74) is 0. The molecule has 0 fully saturated rings. The molecule has 0 aliphatic carbocycles. The first-order valence-electron chi connectivity index (χ1n) is 19.6. The van der Waals surface area contributed by atoms with Crippen LogP contribution in [0.3, 0.4) is 0 Å². The molecule has 1 unspecified atom stereocenters. The molecular formula is C39H82N2O2. The third-order valence-electron chi connectivity index (χ3n) is 8.86. The number of carbonyl (C=O) groups is 1. The van der Waals surface area contributed by atoms with Crippen LogP contribution in [0.15, 0.2) is 0 Å². The summed E-state index contributed by atoms with van der Waals surface area (Å²) in [5.74, 6) is 0.209. The van der Waals surface area contributed by atoms with Crippen molar-refractivity contribution in [1.82, 2.24) is 10.2 Å². The molecule has 43 heavy (non-hydrogen) atoms. The molecule has 2 N–H and O–H groups in total. The largest absolute Gasteiger partial charge is 0.396 e. The van der Waals surface area contributed by atoms with Gasteiger partial charge in [0.1, 0.15) is 0 Å². The van der Waals surface area contributed by atoms with Crippen LogP contribution in [0.1, 0.15) is 220 Å². The van der Waals surface area contributed by atoms with Gasteiger partial charge < -0.3 is 10.4 Å². The van der Waals surface area contributed by atoms with Gasteiger partial charge in [-0.1, -0.05) is 194 Å². The van der Waals surface area contributed by atoms with Crippen LogP contribution in [0, 0.1) is 0 Å². The lowest BCUT2D eigenvalue weighted by molar-refractivity contribution is -0.123. The Kier molecular flexibility index (Phi) is 40.8. The molecule has 0 spiro atoms. The molecule has 0 aromatic heterocycles. The zero-order chi connectivity index (χ0) is 32.1. The molecule has 0 heterocycles. The lowest BCUT2D eigenvalue weighted by Gasteiger charge is -2.23. The third kappa shape index (κ3) is 39.4. The number of amides is 1.